The molecule has 0 aromatic carbocycles. The predicted molar refractivity (Wildman–Crippen MR) is 17.7 cm³/mol. The first kappa shape index (κ1) is 15.9. The van der Waals surface area contributed by atoms with Gasteiger partial charge in [0.2, 0.25) is 0 Å². The zero-order chi connectivity index (χ0) is 3.41. The van der Waals surface area contributed by atoms with E-state index in [1.807, 2.05) is 0 Å². The van der Waals surface area contributed by atoms with E-state index >= 15 is 0 Å². The molecule has 1 N–H and O–H groups in total. The summed E-state index contributed by atoms with van der Waals surface area (Å²) in [4.78, 5) is 0. The summed E-state index contributed by atoms with van der Waals surface area (Å²) >= 11 is 2.18. The van der Waals surface area contributed by atoms with Crippen LogP contribution in [0.15, 0.2) is 0 Å². The Morgan fingerprint density at radius 3 is 1.67 bits per heavy atom. The molecule has 0 aliphatic carbocycles. The second-order valence-electron chi connectivity index (χ2n) is 0.750. The third-order valence-electron chi connectivity index (χ3n) is 0.250. The zero-order valence-electron chi connectivity index (χ0n) is 3.77. The van der Waals surface area contributed by atoms with Crippen molar-refractivity contribution in [3.8, 4) is 0 Å². The Morgan fingerprint density at radius 2 is 1.67 bits per heavy atom. The Kier molecular flexibility index (Phi) is 46.3. The molecule has 0 rings (SSSR count). The summed E-state index contributed by atoms with van der Waals surface area (Å²) in [5.74, 6) is 0. The SMILES string of the molecule is CC[CH2][Ti+3].[O-2].[OH-]. The third kappa shape index (κ3) is 22.9. The Bertz CT molecular complexity index is 10.8. The molecule has 3 heteroatoms. The number of hydrogen-bond donors (Lipinski definition) is 0. The topological polar surface area (TPSA) is 58.5 Å². The summed E-state index contributed by atoms with van der Waals surface area (Å²) in [7, 11) is 0. The van der Waals surface area contributed by atoms with Gasteiger partial charge in [0.1, 0.15) is 0 Å². The van der Waals surface area contributed by atoms with Crippen LogP contribution in [0.2, 0.25) is 4.73 Å². The van der Waals surface area contributed by atoms with E-state index in [1.54, 1.807) is 0 Å². The van der Waals surface area contributed by atoms with Crippen LogP contribution >= 0.6 is 0 Å². The monoisotopic (exact) mass is 124 g/mol. The molecule has 0 bridgehead atoms. The van der Waals surface area contributed by atoms with E-state index in [9.17, 15) is 0 Å². The smallest absolute Gasteiger partial charge is 0.870 e. The van der Waals surface area contributed by atoms with Crippen LogP contribution in [0, 0.1) is 0 Å². The predicted octanol–water partition coefficient (Wildman–Crippen LogP) is 1.07. The molecule has 0 saturated heterocycles. The molecular formula is C3H8O2Ti. The molecule has 0 aliphatic rings. The second-order valence-corrected chi connectivity index (χ2v) is 1.53. The molecule has 6 heavy (non-hydrogen) atoms. The van der Waals surface area contributed by atoms with E-state index < -0.39 is 0 Å². The molecule has 0 fully saturated rings. The van der Waals surface area contributed by atoms with Crippen molar-refractivity contribution in [1.82, 2.24) is 0 Å². The van der Waals surface area contributed by atoms with Crippen molar-refractivity contribution in [3.63, 3.8) is 0 Å². The maximum atomic E-state index is 2.18. The molecular weight excluding hydrogens is 116 g/mol. The van der Waals surface area contributed by atoms with Crippen molar-refractivity contribution in [2.45, 2.75) is 18.1 Å². The molecule has 0 aromatic heterocycles. The van der Waals surface area contributed by atoms with Gasteiger partial charge in [-0.1, -0.05) is 0 Å². The van der Waals surface area contributed by atoms with Crippen LogP contribution in [0.1, 0.15) is 13.3 Å². The van der Waals surface area contributed by atoms with Crippen molar-refractivity contribution in [3.05, 3.63) is 0 Å². The Morgan fingerprint density at radius 1 is 1.50 bits per heavy atom. The normalized spacial score (nSPS) is 5.17. The van der Waals surface area contributed by atoms with Gasteiger partial charge in [-0.2, -0.15) is 0 Å². The van der Waals surface area contributed by atoms with Crippen LogP contribution in [0.4, 0.5) is 0 Å². The van der Waals surface area contributed by atoms with Gasteiger partial charge in [0.25, 0.3) is 0 Å². The molecule has 0 heterocycles. The van der Waals surface area contributed by atoms with Crippen molar-refractivity contribution >= 4 is 0 Å². The minimum Gasteiger partial charge on any atom is -2.00 e. The number of hydrogen-bond acceptors (Lipinski definition) is 1. The van der Waals surface area contributed by atoms with Crippen molar-refractivity contribution in [1.29, 1.82) is 0 Å². The first-order chi connectivity index (χ1) is 1.91. The fourth-order valence-corrected chi connectivity index (χ4v) is 0. The van der Waals surface area contributed by atoms with Gasteiger partial charge >= 0.3 is 38.5 Å². The van der Waals surface area contributed by atoms with E-state index in [2.05, 4.69) is 27.4 Å². The summed E-state index contributed by atoms with van der Waals surface area (Å²) < 4.78 is 1.32. The minimum atomic E-state index is 0. The minimum absolute atomic E-state index is 0. The summed E-state index contributed by atoms with van der Waals surface area (Å²) in [6.07, 6.45) is 1.32. The van der Waals surface area contributed by atoms with Gasteiger partial charge < -0.3 is 11.0 Å². The van der Waals surface area contributed by atoms with Gasteiger partial charge in [-0.15, -0.1) is 0 Å². The van der Waals surface area contributed by atoms with Gasteiger partial charge in [-0.3, -0.25) is 0 Å². The zero-order valence-corrected chi connectivity index (χ0v) is 5.33. The maximum absolute atomic E-state index is 2.18. The van der Waals surface area contributed by atoms with Gasteiger partial charge in [0.05, 0.1) is 0 Å². The molecule has 0 amide bonds. The Balaban J connectivity index is -0.0000000450. The summed E-state index contributed by atoms with van der Waals surface area (Å²) in [6.45, 7) is 2.18. The van der Waals surface area contributed by atoms with Gasteiger partial charge in [-0.25, -0.2) is 0 Å². The molecule has 0 atom stereocenters. The van der Waals surface area contributed by atoms with Gasteiger partial charge in [0, 0.05) is 0 Å². The molecule has 2 nitrogen and oxygen atoms in total. The first-order valence-corrected chi connectivity index (χ1v) is 2.66. The number of rotatable bonds is 1. The second kappa shape index (κ2) is 17.4. The third-order valence-corrected chi connectivity index (χ3v) is 1.03. The molecule has 0 aromatic rings. The first-order valence-electron chi connectivity index (χ1n) is 1.56. The summed E-state index contributed by atoms with van der Waals surface area (Å²) in [6, 6.07) is 0. The summed E-state index contributed by atoms with van der Waals surface area (Å²) in [5.41, 5.74) is 0. The largest absolute Gasteiger partial charge is 2.00 e. The van der Waals surface area contributed by atoms with E-state index in [4.69, 9.17) is 0 Å². The Hall–Kier alpha value is 0.634. The van der Waals surface area contributed by atoms with E-state index in [0.717, 1.165) is 0 Å². The van der Waals surface area contributed by atoms with Crippen LogP contribution in [-0.4, -0.2) is 5.48 Å². The standard InChI is InChI=1S/C3H7.H2O.O.Ti/c1-3-2;;;/h1,3H2,2H3;1H2;;/q;;-2;+3/p-1. The van der Waals surface area contributed by atoms with Crippen LogP contribution in [0.25, 0.3) is 0 Å². The molecule has 0 saturated carbocycles. The average molecular weight is 124 g/mol. The van der Waals surface area contributed by atoms with Gasteiger partial charge in [0.15, 0.2) is 0 Å². The van der Waals surface area contributed by atoms with Crippen LogP contribution in [0.3, 0.4) is 0 Å². The van der Waals surface area contributed by atoms with Gasteiger partial charge in [-0.05, 0) is 0 Å². The van der Waals surface area contributed by atoms with E-state index in [0.29, 0.717) is 0 Å². The van der Waals surface area contributed by atoms with Crippen LogP contribution in [0.5, 0.6) is 0 Å². The molecule has 0 aliphatic heterocycles. The molecule has 36 valence electrons. The van der Waals surface area contributed by atoms with Crippen molar-refractivity contribution in [2.24, 2.45) is 0 Å². The van der Waals surface area contributed by atoms with E-state index in [-0.39, 0.29) is 11.0 Å². The Labute approximate surface area is 50.0 Å². The fourth-order valence-electron chi connectivity index (χ4n) is 0. The molecule has 0 unspecified atom stereocenters. The molecule has 0 radical (unpaired) electrons. The fraction of sp³-hybridized carbons (Fsp3) is 1.00. The maximum Gasteiger partial charge on any atom is -0.870 e. The average Bonchev–Trinajstić information content (AvgIpc) is 1.37. The summed E-state index contributed by atoms with van der Waals surface area (Å²) in [5, 5.41) is 0. The quantitative estimate of drug-likeness (QED) is 0.482. The van der Waals surface area contributed by atoms with Crippen LogP contribution < -0.4 is 0 Å². The van der Waals surface area contributed by atoms with Crippen molar-refractivity contribution < 1.29 is 31.4 Å². The molecule has 0 spiro atoms. The van der Waals surface area contributed by atoms with E-state index in [1.165, 1.54) is 11.1 Å². The van der Waals surface area contributed by atoms with Crippen LogP contribution in [-0.2, 0) is 25.9 Å². The van der Waals surface area contributed by atoms with Crippen molar-refractivity contribution in [2.75, 3.05) is 0 Å².